The molecule has 6 nitrogen and oxygen atoms in total. The molecule has 1 unspecified atom stereocenters. The van der Waals surface area contributed by atoms with Crippen molar-refractivity contribution in [2.24, 2.45) is 0 Å². The summed E-state index contributed by atoms with van der Waals surface area (Å²) in [6.07, 6.45) is 6.07. The van der Waals surface area contributed by atoms with Crippen molar-refractivity contribution in [1.29, 1.82) is 0 Å². The Balaban J connectivity index is 1.60. The highest BCUT2D eigenvalue weighted by Crippen LogP contribution is 2.18. The van der Waals surface area contributed by atoms with E-state index in [0.29, 0.717) is 18.8 Å². The lowest BCUT2D eigenvalue weighted by Crippen LogP contribution is -2.31. The summed E-state index contributed by atoms with van der Waals surface area (Å²) in [5.74, 6) is 0.714. The van der Waals surface area contributed by atoms with Crippen LogP contribution in [0.15, 0.2) is 36.8 Å². The van der Waals surface area contributed by atoms with Crippen LogP contribution in [-0.4, -0.2) is 44.8 Å². The lowest BCUT2D eigenvalue weighted by Gasteiger charge is -2.16. The van der Waals surface area contributed by atoms with Crippen LogP contribution in [0.25, 0.3) is 0 Å². The first-order chi connectivity index (χ1) is 10.3. The highest BCUT2D eigenvalue weighted by molar-refractivity contribution is 5.92. The highest BCUT2D eigenvalue weighted by Gasteiger charge is 2.29. The van der Waals surface area contributed by atoms with Gasteiger partial charge in [-0.25, -0.2) is 0 Å². The number of rotatable bonds is 4. The van der Waals surface area contributed by atoms with Crippen LogP contribution in [0.2, 0.25) is 0 Å². The van der Waals surface area contributed by atoms with Gasteiger partial charge in [0.2, 0.25) is 0 Å². The second-order valence-corrected chi connectivity index (χ2v) is 5.03. The van der Waals surface area contributed by atoms with E-state index in [1.165, 1.54) is 0 Å². The van der Waals surface area contributed by atoms with Gasteiger partial charge in [-0.3, -0.25) is 14.5 Å². The molecule has 0 N–H and O–H groups in total. The number of nitrogens with zero attached hydrogens (tertiary/aromatic N) is 4. The maximum Gasteiger partial charge on any atom is 0.274 e. The minimum absolute atomic E-state index is 0.0198. The molecule has 0 saturated carbocycles. The van der Waals surface area contributed by atoms with E-state index in [4.69, 9.17) is 4.74 Å². The molecule has 1 atom stereocenters. The lowest BCUT2D eigenvalue weighted by molar-refractivity contribution is 0.0765. The van der Waals surface area contributed by atoms with Crippen LogP contribution in [0.5, 0.6) is 5.75 Å². The fourth-order valence-corrected chi connectivity index (χ4v) is 2.43. The summed E-state index contributed by atoms with van der Waals surface area (Å²) in [6.45, 7) is 4.05. The topological polar surface area (TPSA) is 60.2 Å². The zero-order valence-electron chi connectivity index (χ0n) is 12.0. The Labute approximate surface area is 123 Å². The van der Waals surface area contributed by atoms with E-state index in [1.807, 2.05) is 25.3 Å². The number of carbonyl (C=O) groups is 1. The number of aryl methyl sites for hydroxylation is 1. The maximum absolute atomic E-state index is 12.4. The molecule has 1 amide bonds. The highest BCUT2D eigenvalue weighted by atomic mass is 16.5. The molecule has 0 radical (unpaired) electrons. The zero-order valence-corrected chi connectivity index (χ0v) is 12.0. The second kappa shape index (κ2) is 5.95. The van der Waals surface area contributed by atoms with Crippen molar-refractivity contribution >= 4 is 5.91 Å². The van der Waals surface area contributed by atoms with Crippen molar-refractivity contribution in [3.8, 4) is 5.75 Å². The van der Waals surface area contributed by atoms with Gasteiger partial charge in [-0.1, -0.05) is 0 Å². The van der Waals surface area contributed by atoms with Crippen LogP contribution in [-0.2, 0) is 6.54 Å². The van der Waals surface area contributed by atoms with Crippen LogP contribution in [0.1, 0.15) is 23.8 Å². The molecule has 0 aromatic carbocycles. The Morgan fingerprint density at radius 3 is 3.10 bits per heavy atom. The maximum atomic E-state index is 12.4. The third kappa shape index (κ3) is 3.04. The van der Waals surface area contributed by atoms with Gasteiger partial charge >= 0.3 is 0 Å². The summed E-state index contributed by atoms with van der Waals surface area (Å²) in [5, 5.41) is 4.26. The molecule has 3 heterocycles. The lowest BCUT2D eigenvalue weighted by atomic mass is 10.3. The van der Waals surface area contributed by atoms with Crippen molar-refractivity contribution in [2.75, 3.05) is 13.1 Å². The van der Waals surface area contributed by atoms with E-state index >= 15 is 0 Å². The van der Waals surface area contributed by atoms with E-state index in [2.05, 4.69) is 10.1 Å². The SMILES string of the molecule is CCn1ccc(C(=O)N2CCC(Oc3cccnc3)C2)n1. The van der Waals surface area contributed by atoms with E-state index in [-0.39, 0.29) is 12.0 Å². The van der Waals surface area contributed by atoms with Gasteiger partial charge in [-0.2, -0.15) is 5.10 Å². The Hall–Kier alpha value is -2.37. The first-order valence-corrected chi connectivity index (χ1v) is 7.15. The molecular formula is C15H18N4O2. The summed E-state index contributed by atoms with van der Waals surface area (Å²) < 4.78 is 7.59. The van der Waals surface area contributed by atoms with E-state index < -0.39 is 0 Å². The van der Waals surface area contributed by atoms with E-state index in [0.717, 1.165) is 18.7 Å². The average Bonchev–Trinajstić information content (AvgIpc) is 3.16. The number of hydrogen-bond donors (Lipinski definition) is 0. The molecule has 2 aromatic rings. The standard InChI is InChI=1S/C15H18N4O2/c1-2-19-9-6-14(17-19)15(20)18-8-5-13(11-18)21-12-4-3-7-16-10-12/h3-4,6-7,9-10,13H,2,5,8,11H2,1H3. The molecule has 1 saturated heterocycles. The van der Waals surface area contributed by atoms with E-state index in [9.17, 15) is 4.79 Å². The predicted molar refractivity (Wildman–Crippen MR) is 77.1 cm³/mol. The van der Waals surface area contributed by atoms with Crippen LogP contribution >= 0.6 is 0 Å². The van der Waals surface area contributed by atoms with Crippen LogP contribution in [0.4, 0.5) is 0 Å². The second-order valence-electron chi connectivity index (χ2n) is 5.03. The Morgan fingerprint density at radius 1 is 1.48 bits per heavy atom. The molecular weight excluding hydrogens is 268 g/mol. The van der Waals surface area contributed by atoms with Crippen LogP contribution < -0.4 is 4.74 Å². The average molecular weight is 286 g/mol. The third-order valence-corrected chi connectivity index (χ3v) is 3.55. The summed E-state index contributed by atoms with van der Waals surface area (Å²) in [5.41, 5.74) is 0.499. The van der Waals surface area contributed by atoms with Gasteiger partial charge in [0.05, 0.1) is 12.7 Å². The number of aromatic nitrogens is 3. The largest absolute Gasteiger partial charge is 0.487 e. The van der Waals surface area contributed by atoms with Gasteiger partial charge in [0.25, 0.3) is 5.91 Å². The summed E-state index contributed by atoms with van der Waals surface area (Å²) >= 11 is 0. The van der Waals surface area contributed by atoms with Gasteiger partial charge < -0.3 is 9.64 Å². The molecule has 110 valence electrons. The van der Waals surface area contributed by atoms with Gasteiger partial charge in [0.15, 0.2) is 0 Å². The van der Waals surface area contributed by atoms with Crippen molar-refractivity contribution in [3.63, 3.8) is 0 Å². The number of likely N-dealkylation sites (tertiary alicyclic amines) is 1. The Kier molecular flexibility index (Phi) is 3.85. The van der Waals surface area contributed by atoms with Crippen molar-refractivity contribution < 1.29 is 9.53 Å². The first-order valence-electron chi connectivity index (χ1n) is 7.15. The van der Waals surface area contributed by atoms with Crippen molar-refractivity contribution in [2.45, 2.75) is 26.0 Å². The molecule has 0 spiro atoms. The molecule has 6 heteroatoms. The van der Waals surface area contributed by atoms with Crippen LogP contribution in [0.3, 0.4) is 0 Å². The number of amides is 1. The minimum Gasteiger partial charge on any atom is -0.487 e. The molecule has 1 aliphatic heterocycles. The van der Waals surface area contributed by atoms with Gasteiger partial charge in [-0.15, -0.1) is 0 Å². The fourth-order valence-electron chi connectivity index (χ4n) is 2.43. The predicted octanol–water partition coefficient (Wildman–Crippen LogP) is 1.59. The monoisotopic (exact) mass is 286 g/mol. The van der Waals surface area contributed by atoms with Crippen molar-refractivity contribution in [1.82, 2.24) is 19.7 Å². The number of pyridine rings is 1. The zero-order chi connectivity index (χ0) is 14.7. The van der Waals surface area contributed by atoms with Crippen molar-refractivity contribution in [3.05, 3.63) is 42.5 Å². The summed E-state index contributed by atoms with van der Waals surface area (Å²) in [6, 6.07) is 5.48. The fraction of sp³-hybridized carbons (Fsp3) is 0.400. The van der Waals surface area contributed by atoms with Gasteiger partial charge in [0, 0.05) is 31.9 Å². The van der Waals surface area contributed by atoms with Gasteiger partial charge in [-0.05, 0) is 25.1 Å². The number of carbonyl (C=O) groups excluding carboxylic acids is 1. The number of ether oxygens (including phenoxy) is 1. The minimum atomic E-state index is -0.0283. The molecule has 2 aromatic heterocycles. The van der Waals surface area contributed by atoms with Gasteiger partial charge in [0.1, 0.15) is 17.5 Å². The molecule has 1 aliphatic rings. The normalized spacial score (nSPS) is 18.0. The molecule has 3 rings (SSSR count). The quantitative estimate of drug-likeness (QED) is 0.856. The Morgan fingerprint density at radius 2 is 2.38 bits per heavy atom. The summed E-state index contributed by atoms with van der Waals surface area (Å²) in [4.78, 5) is 18.2. The first kappa shape index (κ1) is 13.6. The molecule has 21 heavy (non-hydrogen) atoms. The smallest absolute Gasteiger partial charge is 0.274 e. The third-order valence-electron chi connectivity index (χ3n) is 3.55. The number of hydrogen-bond acceptors (Lipinski definition) is 4. The Bertz CT molecular complexity index is 611. The molecule has 1 fully saturated rings. The molecule has 0 bridgehead atoms. The van der Waals surface area contributed by atoms with Crippen LogP contribution in [0, 0.1) is 0 Å². The van der Waals surface area contributed by atoms with E-state index in [1.54, 1.807) is 28.0 Å². The summed E-state index contributed by atoms with van der Waals surface area (Å²) in [7, 11) is 0. The molecule has 0 aliphatic carbocycles.